The Hall–Kier alpha value is -1.37. The minimum Gasteiger partial charge on any atom is -0.390 e. The molecule has 0 saturated heterocycles. The first-order valence-corrected chi connectivity index (χ1v) is 10.3. The molecule has 0 spiro atoms. The highest BCUT2D eigenvalue weighted by atomic mass is 32.2. The molecule has 1 N–H and O–H groups in total. The van der Waals surface area contributed by atoms with Crippen LogP contribution >= 0.6 is 11.8 Å². The highest BCUT2D eigenvalue weighted by molar-refractivity contribution is 7.99. The summed E-state index contributed by atoms with van der Waals surface area (Å²) in [5, 5.41) is 7.88. The number of hydrogen-bond donors (Lipinski definition) is 1. The van der Waals surface area contributed by atoms with E-state index in [4.69, 9.17) is 4.42 Å². The number of Topliss-reactive ketones (excluding diaryl/α,β-unsaturated/α-hetero) is 1. The van der Waals surface area contributed by atoms with E-state index in [9.17, 15) is 9.59 Å². The molecule has 1 fully saturated rings. The zero-order chi connectivity index (χ0) is 18.2. The number of carbonyl (C=O) groups is 2. The second-order valence-electron chi connectivity index (χ2n) is 6.92. The van der Waals surface area contributed by atoms with Gasteiger partial charge in [0.1, 0.15) is 0 Å². The third kappa shape index (κ3) is 6.13. The summed E-state index contributed by atoms with van der Waals surface area (Å²) < 4.78 is 6.77. The smallest absolute Gasteiger partial charge is 0.390 e. The summed E-state index contributed by atoms with van der Waals surface area (Å²) >= 11 is 1.41. The molecular formula is C18H30N3O3S+. The number of thioether (sulfide) groups is 1. The van der Waals surface area contributed by atoms with E-state index in [1.165, 1.54) is 18.2 Å². The van der Waals surface area contributed by atoms with Gasteiger partial charge >= 0.3 is 11.9 Å². The maximum absolute atomic E-state index is 12.6. The number of rotatable bonds is 8. The molecule has 1 heterocycles. The van der Waals surface area contributed by atoms with Gasteiger partial charge in [-0.25, -0.2) is 5.32 Å². The first-order valence-electron chi connectivity index (χ1n) is 9.45. The Balaban J connectivity index is 2.13. The van der Waals surface area contributed by atoms with Gasteiger partial charge in [0.2, 0.25) is 5.78 Å². The maximum Gasteiger partial charge on any atom is 0.520 e. The topological polar surface area (TPSA) is 76.1 Å². The quantitative estimate of drug-likeness (QED) is 0.323. The van der Waals surface area contributed by atoms with E-state index in [0.717, 1.165) is 49.6 Å². The molecule has 1 aliphatic carbocycles. The molecule has 2 rings (SSSR count). The molecule has 7 heteroatoms. The molecule has 1 saturated carbocycles. The Kier molecular flexibility index (Phi) is 7.93. The van der Waals surface area contributed by atoms with Crippen molar-refractivity contribution in [3.63, 3.8) is 0 Å². The molecule has 140 valence electrons. The predicted octanol–water partition coefficient (Wildman–Crippen LogP) is 4.12. The average molecular weight is 369 g/mol. The molecule has 6 nitrogen and oxygen atoms in total. The molecule has 1 aliphatic rings. The van der Waals surface area contributed by atoms with E-state index in [1.807, 2.05) is 13.8 Å². The van der Waals surface area contributed by atoms with Crippen LogP contribution in [-0.2, 0) is 0 Å². The normalized spacial score (nSPS) is 15.5. The number of unbranched alkanes of at least 4 members (excludes halogenated alkanes) is 2. The van der Waals surface area contributed by atoms with E-state index >= 15 is 0 Å². The van der Waals surface area contributed by atoms with Crippen LogP contribution in [0.4, 0.5) is 4.79 Å². The number of aromatic nitrogens is 2. The lowest BCUT2D eigenvalue weighted by atomic mass is 9.96. The van der Waals surface area contributed by atoms with Gasteiger partial charge in [0.25, 0.3) is 5.22 Å². The van der Waals surface area contributed by atoms with Gasteiger partial charge in [0.15, 0.2) is 0 Å². The van der Waals surface area contributed by atoms with Crippen LogP contribution in [0, 0.1) is 0 Å². The molecule has 1 aromatic rings. The van der Waals surface area contributed by atoms with Crippen molar-refractivity contribution >= 4 is 23.6 Å². The standard InChI is InChI=1S/C18H29N3O3S/c1-4-5-7-12-15(22)16-21(20-18(24-16)25-13(2)3)17(23)19-14-10-8-6-9-11-14/h13-14H,4-12H2,1-3H3/p+1. The summed E-state index contributed by atoms with van der Waals surface area (Å²) in [5.41, 5.74) is 0. The number of carbonyl (C=O) groups excluding carboxylic acids is 2. The lowest BCUT2D eigenvalue weighted by Gasteiger charge is -2.17. The molecule has 0 aliphatic heterocycles. The van der Waals surface area contributed by atoms with Crippen LogP contribution in [0.1, 0.15) is 89.2 Å². The van der Waals surface area contributed by atoms with Crippen molar-refractivity contribution in [3.8, 4) is 0 Å². The average Bonchev–Trinajstić information content (AvgIpc) is 2.99. The number of hydrogen-bond acceptors (Lipinski definition) is 5. The fourth-order valence-corrected chi connectivity index (χ4v) is 3.62. The van der Waals surface area contributed by atoms with Gasteiger partial charge < -0.3 is 4.42 Å². The van der Waals surface area contributed by atoms with Crippen LogP contribution < -0.4 is 10.00 Å². The predicted molar refractivity (Wildman–Crippen MR) is 97.0 cm³/mol. The summed E-state index contributed by atoms with van der Waals surface area (Å²) in [4.78, 5) is 25.1. The summed E-state index contributed by atoms with van der Waals surface area (Å²) in [6.07, 6.45) is 8.66. The Labute approximate surface area is 154 Å². The zero-order valence-electron chi connectivity index (χ0n) is 15.5. The Bertz CT molecular complexity index is 580. The minimum absolute atomic E-state index is 0.0487. The highest BCUT2D eigenvalue weighted by Crippen LogP contribution is 2.21. The van der Waals surface area contributed by atoms with Crippen molar-refractivity contribution in [2.75, 3.05) is 0 Å². The van der Waals surface area contributed by atoms with Gasteiger partial charge in [0, 0.05) is 11.7 Å². The lowest BCUT2D eigenvalue weighted by molar-refractivity contribution is -0.640. The summed E-state index contributed by atoms with van der Waals surface area (Å²) in [7, 11) is 0. The molecule has 0 unspecified atom stereocenters. The van der Waals surface area contributed by atoms with Gasteiger partial charge in [-0.15, -0.1) is 0 Å². The van der Waals surface area contributed by atoms with Crippen molar-refractivity contribution < 1.29 is 18.7 Å². The van der Waals surface area contributed by atoms with Gasteiger partial charge in [-0.3, -0.25) is 4.79 Å². The first-order chi connectivity index (χ1) is 12.0. The molecular weight excluding hydrogens is 338 g/mol. The second-order valence-corrected chi connectivity index (χ2v) is 8.44. The van der Waals surface area contributed by atoms with Crippen LogP contribution in [-0.4, -0.2) is 28.2 Å². The van der Waals surface area contributed by atoms with Crippen molar-refractivity contribution in [1.29, 1.82) is 0 Å². The van der Waals surface area contributed by atoms with Crippen LogP contribution in [0.3, 0.4) is 0 Å². The van der Waals surface area contributed by atoms with Crippen LogP contribution in [0.25, 0.3) is 0 Å². The minimum atomic E-state index is -0.356. The van der Waals surface area contributed by atoms with Crippen molar-refractivity contribution in [2.24, 2.45) is 0 Å². The van der Waals surface area contributed by atoms with Gasteiger partial charge in [-0.2, -0.15) is 4.79 Å². The molecule has 1 aromatic heterocycles. The summed E-state index contributed by atoms with van der Waals surface area (Å²) in [6, 6.07) is -0.195. The fourth-order valence-electron chi connectivity index (χ4n) is 2.96. The Morgan fingerprint density at radius 1 is 1.28 bits per heavy atom. The monoisotopic (exact) mass is 368 g/mol. The van der Waals surface area contributed by atoms with Gasteiger partial charge in [-0.1, -0.05) is 51.8 Å². The molecule has 0 bridgehead atoms. The van der Waals surface area contributed by atoms with Crippen molar-refractivity contribution in [2.45, 2.75) is 95.1 Å². The van der Waals surface area contributed by atoms with Crippen LogP contribution in [0.15, 0.2) is 9.64 Å². The summed E-state index contributed by atoms with van der Waals surface area (Å²) in [6.45, 7) is 6.13. The van der Waals surface area contributed by atoms with Crippen LogP contribution in [0.5, 0.6) is 0 Å². The number of nitrogens with zero attached hydrogens (tertiary/aromatic N) is 2. The third-order valence-electron chi connectivity index (χ3n) is 4.27. The maximum atomic E-state index is 12.6. The number of ketones is 1. The highest BCUT2D eigenvalue weighted by Gasteiger charge is 2.33. The molecule has 0 atom stereocenters. The van der Waals surface area contributed by atoms with Crippen LogP contribution in [0.2, 0.25) is 0 Å². The van der Waals surface area contributed by atoms with Gasteiger partial charge in [-0.05, 0) is 41.9 Å². The molecule has 25 heavy (non-hydrogen) atoms. The first kappa shape index (κ1) is 19.9. The third-order valence-corrected chi connectivity index (χ3v) is 5.10. The Morgan fingerprint density at radius 3 is 2.64 bits per heavy atom. The molecule has 1 amide bonds. The molecule has 0 aromatic carbocycles. The molecule has 0 radical (unpaired) electrons. The SMILES string of the molecule is CCCCCC(=O)c1oc(SC(C)C)n[n+]1C(=O)NC1CCCCC1. The van der Waals surface area contributed by atoms with Gasteiger partial charge in [0.05, 0.1) is 6.04 Å². The lowest BCUT2D eigenvalue weighted by Crippen LogP contribution is -2.57. The van der Waals surface area contributed by atoms with E-state index in [-0.39, 0.29) is 29.0 Å². The van der Waals surface area contributed by atoms with E-state index in [0.29, 0.717) is 11.6 Å². The fraction of sp³-hybridized carbons (Fsp3) is 0.778. The van der Waals surface area contributed by atoms with E-state index in [2.05, 4.69) is 17.3 Å². The zero-order valence-corrected chi connectivity index (χ0v) is 16.4. The van der Waals surface area contributed by atoms with E-state index < -0.39 is 0 Å². The largest absolute Gasteiger partial charge is 0.520 e. The number of amides is 1. The number of nitrogens with one attached hydrogen (secondary N) is 1. The van der Waals surface area contributed by atoms with Crippen molar-refractivity contribution in [1.82, 2.24) is 10.4 Å². The second kappa shape index (κ2) is 9.94. The van der Waals surface area contributed by atoms with E-state index in [1.54, 1.807) is 0 Å². The Morgan fingerprint density at radius 2 is 2.00 bits per heavy atom. The summed E-state index contributed by atoms with van der Waals surface area (Å²) in [5.74, 6) is -0.108. The van der Waals surface area contributed by atoms with Crippen molar-refractivity contribution in [3.05, 3.63) is 5.89 Å².